The maximum atomic E-state index is 12.3. The van der Waals surface area contributed by atoms with Crippen molar-refractivity contribution in [2.24, 2.45) is 0 Å². The first kappa shape index (κ1) is 21.2. The molecular formula is C25H21ClN2O2. The monoisotopic (exact) mass is 416 g/mol. The van der Waals surface area contributed by atoms with E-state index in [1.54, 1.807) is 6.08 Å². The number of carbonyl (C=O) groups excluding carboxylic acids is 1. The molecular weight excluding hydrogens is 396 g/mol. The molecule has 0 aliphatic rings. The molecule has 30 heavy (non-hydrogen) atoms. The lowest BCUT2D eigenvalue weighted by atomic mass is 10.1. The van der Waals surface area contributed by atoms with Gasteiger partial charge in [0.25, 0.3) is 5.91 Å². The number of hydrogen-bond donors (Lipinski definition) is 1. The number of amides is 1. The highest BCUT2D eigenvalue weighted by Gasteiger charge is 2.08. The molecule has 3 aromatic rings. The van der Waals surface area contributed by atoms with Gasteiger partial charge in [0.2, 0.25) is 0 Å². The second kappa shape index (κ2) is 10.8. The lowest BCUT2D eigenvalue weighted by molar-refractivity contribution is -0.117. The minimum absolute atomic E-state index is 0.0675. The number of nitrogens with one attached hydrogen (secondary N) is 1. The third-order valence-electron chi connectivity index (χ3n) is 4.42. The smallest absolute Gasteiger partial charge is 0.261 e. The van der Waals surface area contributed by atoms with Gasteiger partial charge in [-0.15, -0.1) is 0 Å². The quantitative estimate of drug-likeness (QED) is 0.406. The van der Waals surface area contributed by atoms with Gasteiger partial charge in [0.15, 0.2) is 0 Å². The summed E-state index contributed by atoms with van der Waals surface area (Å²) in [6.45, 7) is 0.902. The SMILES string of the molecule is N#C/C(=C\c1ccc(OCc2ccc(Cl)cc2)cc1)C(=O)NCCc1ccccc1. The van der Waals surface area contributed by atoms with Crippen LogP contribution in [0.15, 0.2) is 84.4 Å². The zero-order valence-corrected chi connectivity index (χ0v) is 17.1. The van der Waals surface area contributed by atoms with E-state index < -0.39 is 0 Å². The Kier molecular flexibility index (Phi) is 7.65. The Bertz CT molecular complexity index is 1040. The Morgan fingerprint density at radius 2 is 1.67 bits per heavy atom. The number of rotatable bonds is 8. The molecule has 1 N–H and O–H groups in total. The van der Waals surface area contributed by atoms with Crippen LogP contribution >= 0.6 is 11.6 Å². The van der Waals surface area contributed by atoms with Gasteiger partial charge in [-0.3, -0.25) is 4.79 Å². The van der Waals surface area contributed by atoms with E-state index in [-0.39, 0.29) is 11.5 Å². The molecule has 0 aliphatic heterocycles. The molecule has 0 aliphatic carbocycles. The maximum Gasteiger partial charge on any atom is 0.261 e. The summed E-state index contributed by atoms with van der Waals surface area (Å²) in [5, 5.41) is 12.8. The molecule has 0 spiro atoms. The number of nitriles is 1. The number of carbonyl (C=O) groups is 1. The Balaban J connectivity index is 1.53. The van der Waals surface area contributed by atoms with E-state index in [2.05, 4.69) is 5.32 Å². The first-order valence-corrected chi connectivity index (χ1v) is 9.93. The molecule has 0 bridgehead atoms. The van der Waals surface area contributed by atoms with Crippen LogP contribution in [-0.2, 0) is 17.8 Å². The number of hydrogen-bond acceptors (Lipinski definition) is 3. The van der Waals surface area contributed by atoms with Crippen LogP contribution < -0.4 is 10.1 Å². The van der Waals surface area contributed by atoms with Gasteiger partial charge in [0.05, 0.1) is 0 Å². The highest BCUT2D eigenvalue weighted by molar-refractivity contribution is 6.30. The molecule has 0 unspecified atom stereocenters. The van der Waals surface area contributed by atoms with Crippen molar-refractivity contribution in [3.05, 3.63) is 106 Å². The molecule has 1 amide bonds. The zero-order valence-electron chi connectivity index (χ0n) is 16.3. The van der Waals surface area contributed by atoms with E-state index in [0.717, 1.165) is 16.7 Å². The van der Waals surface area contributed by atoms with Gasteiger partial charge in [0.1, 0.15) is 24.0 Å². The van der Waals surface area contributed by atoms with Crippen molar-refractivity contribution in [2.45, 2.75) is 13.0 Å². The summed E-state index contributed by atoms with van der Waals surface area (Å²) in [7, 11) is 0. The molecule has 4 nitrogen and oxygen atoms in total. The molecule has 0 saturated heterocycles. The van der Waals surface area contributed by atoms with Crippen LogP contribution in [0, 0.1) is 11.3 Å². The number of nitrogens with zero attached hydrogens (tertiary/aromatic N) is 1. The summed E-state index contributed by atoms with van der Waals surface area (Å²) in [5.74, 6) is 0.324. The summed E-state index contributed by atoms with van der Waals surface area (Å²) in [6.07, 6.45) is 2.28. The average Bonchev–Trinajstić information content (AvgIpc) is 2.78. The first-order chi connectivity index (χ1) is 14.6. The van der Waals surface area contributed by atoms with Crippen molar-refractivity contribution in [1.29, 1.82) is 5.26 Å². The zero-order chi connectivity index (χ0) is 21.2. The Hall–Kier alpha value is -3.55. The van der Waals surface area contributed by atoms with Crippen molar-refractivity contribution in [1.82, 2.24) is 5.32 Å². The molecule has 0 atom stereocenters. The standard InChI is InChI=1S/C25H21ClN2O2/c26-23-10-6-21(7-11-23)18-30-24-12-8-20(9-13-24)16-22(17-27)25(29)28-15-14-19-4-2-1-3-5-19/h1-13,16H,14-15,18H2,(H,28,29)/b22-16+. The van der Waals surface area contributed by atoms with Crippen LogP contribution in [0.3, 0.4) is 0 Å². The van der Waals surface area contributed by atoms with Crippen LogP contribution in [0.25, 0.3) is 6.08 Å². The molecule has 150 valence electrons. The highest BCUT2D eigenvalue weighted by Crippen LogP contribution is 2.17. The fourth-order valence-corrected chi connectivity index (χ4v) is 2.91. The highest BCUT2D eigenvalue weighted by atomic mass is 35.5. The normalized spacial score (nSPS) is 10.9. The summed E-state index contributed by atoms with van der Waals surface area (Å²) < 4.78 is 5.75. The van der Waals surface area contributed by atoms with E-state index in [4.69, 9.17) is 16.3 Å². The average molecular weight is 417 g/mol. The summed E-state index contributed by atoms with van der Waals surface area (Å²) in [6, 6.07) is 26.6. The summed E-state index contributed by atoms with van der Waals surface area (Å²) in [4.78, 5) is 12.3. The molecule has 5 heteroatoms. The van der Waals surface area contributed by atoms with Gasteiger partial charge in [-0.25, -0.2) is 0 Å². The van der Waals surface area contributed by atoms with Gasteiger partial charge >= 0.3 is 0 Å². The topological polar surface area (TPSA) is 62.1 Å². The number of ether oxygens (including phenoxy) is 1. The lowest BCUT2D eigenvalue weighted by Crippen LogP contribution is -2.26. The maximum absolute atomic E-state index is 12.3. The Labute approximate surface area is 181 Å². The van der Waals surface area contributed by atoms with Crippen LogP contribution in [0.5, 0.6) is 5.75 Å². The van der Waals surface area contributed by atoms with Crippen molar-refractivity contribution in [3.8, 4) is 11.8 Å². The molecule has 0 heterocycles. The van der Waals surface area contributed by atoms with Gasteiger partial charge in [-0.05, 0) is 53.5 Å². The molecule has 3 rings (SSSR count). The predicted molar refractivity (Wildman–Crippen MR) is 119 cm³/mol. The second-order valence-corrected chi connectivity index (χ2v) is 7.08. The van der Waals surface area contributed by atoms with Crippen molar-refractivity contribution in [3.63, 3.8) is 0 Å². The van der Waals surface area contributed by atoms with E-state index >= 15 is 0 Å². The van der Waals surface area contributed by atoms with Crippen molar-refractivity contribution >= 4 is 23.6 Å². The van der Waals surface area contributed by atoms with Crippen LogP contribution in [0.2, 0.25) is 5.02 Å². The third kappa shape index (κ3) is 6.51. The number of benzene rings is 3. The summed E-state index contributed by atoms with van der Waals surface area (Å²) >= 11 is 5.88. The minimum Gasteiger partial charge on any atom is -0.489 e. The molecule has 0 radical (unpaired) electrons. The Morgan fingerprint density at radius 3 is 2.33 bits per heavy atom. The van der Waals surface area contributed by atoms with Crippen LogP contribution in [0.1, 0.15) is 16.7 Å². The van der Waals surface area contributed by atoms with E-state index in [9.17, 15) is 10.1 Å². The van der Waals surface area contributed by atoms with Crippen molar-refractivity contribution < 1.29 is 9.53 Å². The van der Waals surface area contributed by atoms with Gasteiger partial charge in [-0.1, -0.05) is 66.2 Å². The molecule has 0 aromatic heterocycles. The van der Waals surface area contributed by atoms with Crippen LogP contribution in [-0.4, -0.2) is 12.5 Å². The largest absolute Gasteiger partial charge is 0.489 e. The van der Waals surface area contributed by atoms with E-state index in [1.165, 1.54) is 0 Å². The third-order valence-corrected chi connectivity index (χ3v) is 4.67. The Morgan fingerprint density at radius 1 is 0.967 bits per heavy atom. The fourth-order valence-electron chi connectivity index (χ4n) is 2.78. The molecule has 0 saturated carbocycles. The first-order valence-electron chi connectivity index (χ1n) is 9.55. The predicted octanol–water partition coefficient (Wildman–Crippen LogP) is 5.18. The molecule has 3 aromatic carbocycles. The van der Waals surface area contributed by atoms with Crippen molar-refractivity contribution in [2.75, 3.05) is 6.54 Å². The van der Waals surface area contributed by atoms with Gasteiger partial charge < -0.3 is 10.1 Å². The lowest BCUT2D eigenvalue weighted by Gasteiger charge is -2.07. The van der Waals surface area contributed by atoms with E-state index in [1.807, 2.05) is 84.9 Å². The number of halogens is 1. The summed E-state index contributed by atoms with van der Waals surface area (Å²) in [5.41, 5.74) is 2.97. The second-order valence-electron chi connectivity index (χ2n) is 6.65. The minimum atomic E-state index is -0.378. The van der Waals surface area contributed by atoms with Crippen LogP contribution in [0.4, 0.5) is 0 Å². The molecule has 0 fully saturated rings. The van der Waals surface area contributed by atoms with E-state index in [0.29, 0.717) is 30.3 Å². The fraction of sp³-hybridized carbons (Fsp3) is 0.120. The van der Waals surface area contributed by atoms with Gasteiger partial charge in [-0.2, -0.15) is 5.26 Å². The van der Waals surface area contributed by atoms with Gasteiger partial charge in [0, 0.05) is 11.6 Å².